The van der Waals surface area contributed by atoms with Crippen LogP contribution in [0.25, 0.3) is 0 Å². The Morgan fingerprint density at radius 1 is 0.806 bits per heavy atom. The minimum absolute atomic E-state index is 0.0681. The van der Waals surface area contributed by atoms with Crippen LogP contribution in [0.3, 0.4) is 0 Å². The van der Waals surface area contributed by atoms with E-state index in [-0.39, 0.29) is 23.9 Å². The van der Waals surface area contributed by atoms with Crippen molar-refractivity contribution in [3.05, 3.63) is 0 Å². The van der Waals surface area contributed by atoms with Gasteiger partial charge < -0.3 is 14.7 Å². The zero-order valence-electron chi connectivity index (χ0n) is 24.6. The number of urea groups is 1. The molecule has 1 unspecified atom stereocenters. The summed E-state index contributed by atoms with van der Waals surface area (Å²) in [7, 11) is 0. The van der Waals surface area contributed by atoms with Crippen LogP contribution in [0, 0.1) is 10.8 Å². The molecule has 6 nitrogen and oxygen atoms in total. The summed E-state index contributed by atoms with van der Waals surface area (Å²) in [6, 6.07) is -0.137. The van der Waals surface area contributed by atoms with Crippen molar-refractivity contribution in [1.82, 2.24) is 9.80 Å². The molecule has 0 aromatic rings. The van der Waals surface area contributed by atoms with Gasteiger partial charge in [-0.2, -0.15) is 0 Å². The first-order chi connectivity index (χ1) is 17.3. The number of ether oxygens (including phenoxy) is 1. The third-order valence-corrected chi connectivity index (χ3v) is 9.26. The maximum absolute atomic E-state index is 12.4. The molecule has 0 saturated carbocycles. The summed E-state index contributed by atoms with van der Waals surface area (Å²) >= 11 is 0. The highest BCUT2D eigenvalue weighted by Crippen LogP contribution is 2.39. The first-order valence-electron chi connectivity index (χ1n) is 15.1. The summed E-state index contributed by atoms with van der Waals surface area (Å²) in [6.07, 6.45) is 15.8. The zero-order chi connectivity index (χ0) is 27.0. The number of likely N-dealkylation sites (N-methyl/N-ethyl adjacent to an activating group) is 1. The zero-order valence-corrected chi connectivity index (χ0v) is 24.6. The van der Waals surface area contributed by atoms with Gasteiger partial charge in [0.15, 0.2) is 6.29 Å². The van der Waals surface area contributed by atoms with E-state index in [1.165, 1.54) is 49.8 Å². The van der Waals surface area contributed by atoms with E-state index in [4.69, 9.17) is 4.74 Å². The van der Waals surface area contributed by atoms with Gasteiger partial charge in [-0.25, -0.2) is 4.79 Å². The maximum Gasteiger partial charge on any atom is 0.327 e. The molecule has 0 aromatic carbocycles. The molecule has 212 valence electrons. The van der Waals surface area contributed by atoms with Crippen LogP contribution in [0.4, 0.5) is 4.79 Å². The Morgan fingerprint density at radius 2 is 1.36 bits per heavy atom. The number of carbonyl (C=O) groups is 2. The molecule has 1 fully saturated rings. The van der Waals surface area contributed by atoms with Gasteiger partial charge >= 0.3 is 6.03 Å². The van der Waals surface area contributed by atoms with E-state index in [9.17, 15) is 14.7 Å². The van der Waals surface area contributed by atoms with E-state index in [2.05, 4.69) is 34.6 Å². The predicted octanol–water partition coefficient (Wildman–Crippen LogP) is 7.53. The second-order valence-corrected chi connectivity index (χ2v) is 11.1. The number of amides is 3. The Kier molecular flexibility index (Phi) is 15.9. The number of nitrogens with zero attached hydrogens (tertiary/aromatic N) is 2. The van der Waals surface area contributed by atoms with E-state index in [0.717, 1.165) is 51.4 Å². The molecule has 6 heteroatoms. The summed E-state index contributed by atoms with van der Waals surface area (Å²) in [5.41, 5.74) is 0.567. The lowest BCUT2D eigenvalue weighted by Crippen LogP contribution is -2.36. The Hall–Kier alpha value is -1.14. The summed E-state index contributed by atoms with van der Waals surface area (Å²) < 4.78 is 5.75. The minimum Gasteiger partial charge on any atom is -0.368 e. The number of imide groups is 1. The molecular weight excluding hydrogens is 452 g/mol. The van der Waals surface area contributed by atoms with Crippen LogP contribution < -0.4 is 0 Å². The van der Waals surface area contributed by atoms with Crippen molar-refractivity contribution >= 4 is 11.9 Å². The van der Waals surface area contributed by atoms with Crippen LogP contribution in [0.5, 0.6) is 0 Å². The molecule has 1 aliphatic heterocycles. The van der Waals surface area contributed by atoms with Crippen molar-refractivity contribution in [2.24, 2.45) is 10.8 Å². The molecule has 1 saturated heterocycles. The molecule has 1 aliphatic rings. The summed E-state index contributed by atoms with van der Waals surface area (Å²) in [4.78, 5) is 27.7. The fraction of sp³-hybridized carbons (Fsp3) is 0.933. The number of aliphatic hydroxyl groups excluding tert-OH is 1. The molecule has 1 N–H and O–H groups in total. The lowest BCUT2D eigenvalue weighted by atomic mass is 9.74. The van der Waals surface area contributed by atoms with Gasteiger partial charge in [-0.15, -0.1) is 0 Å². The molecule has 36 heavy (non-hydrogen) atoms. The van der Waals surface area contributed by atoms with Crippen molar-refractivity contribution in [3.63, 3.8) is 0 Å². The van der Waals surface area contributed by atoms with E-state index >= 15 is 0 Å². The van der Waals surface area contributed by atoms with Crippen LogP contribution in [0.15, 0.2) is 0 Å². The largest absolute Gasteiger partial charge is 0.368 e. The van der Waals surface area contributed by atoms with Gasteiger partial charge in [0.25, 0.3) is 0 Å². The topological polar surface area (TPSA) is 70.1 Å². The minimum atomic E-state index is -0.664. The predicted molar refractivity (Wildman–Crippen MR) is 149 cm³/mol. The van der Waals surface area contributed by atoms with Crippen molar-refractivity contribution in [2.45, 2.75) is 144 Å². The SMILES string of the molecule is CCCCCC(CC)(CC)CCCC(O)OCCCCC(CC)(CC)CCN1C(=O)CN(CC)C1=O. The van der Waals surface area contributed by atoms with E-state index < -0.39 is 6.29 Å². The second-order valence-electron chi connectivity index (χ2n) is 11.1. The number of aliphatic hydroxyl groups is 1. The second kappa shape index (κ2) is 17.4. The third kappa shape index (κ3) is 10.3. The average Bonchev–Trinajstić information content (AvgIpc) is 3.17. The van der Waals surface area contributed by atoms with E-state index in [0.29, 0.717) is 25.1 Å². The molecule has 0 spiro atoms. The standard InChI is InChI=1S/C30H58N2O4/c1-7-13-14-19-29(8-2,9-3)21-17-18-27(34)36-24-16-15-20-30(10-4,11-5)22-23-32-26(33)25-31(12-6)28(32)35/h27,34H,7-25H2,1-6H3. The first-order valence-corrected chi connectivity index (χ1v) is 15.1. The van der Waals surface area contributed by atoms with Crippen LogP contribution in [-0.2, 0) is 9.53 Å². The summed E-state index contributed by atoms with van der Waals surface area (Å²) in [5.74, 6) is -0.0681. The maximum atomic E-state index is 12.4. The van der Waals surface area contributed by atoms with Crippen LogP contribution in [0.1, 0.15) is 138 Å². The number of hydrogen-bond donors (Lipinski definition) is 1. The van der Waals surface area contributed by atoms with Gasteiger partial charge in [-0.1, -0.05) is 86.0 Å². The number of unbranched alkanes of at least 4 members (excludes halogenated alkanes) is 3. The molecule has 0 aliphatic carbocycles. The quantitative estimate of drug-likeness (QED) is 0.0928. The van der Waals surface area contributed by atoms with Gasteiger partial charge in [-0.3, -0.25) is 9.69 Å². The molecular formula is C30H58N2O4. The van der Waals surface area contributed by atoms with Gasteiger partial charge in [-0.05, 0) is 62.7 Å². The van der Waals surface area contributed by atoms with Gasteiger partial charge in [0.05, 0.1) is 0 Å². The Morgan fingerprint density at radius 3 is 1.89 bits per heavy atom. The Labute approximate surface area is 222 Å². The van der Waals surface area contributed by atoms with Crippen molar-refractivity contribution in [2.75, 3.05) is 26.2 Å². The fourth-order valence-corrected chi connectivity index (χ4v) is 5.88. The third-order valence-electron chi connectivity index (χ3n) is 9.26. The lowest BCUT2D eigenvalue weighted by Gasteiger charge is -2.33. The van der Waals surface area contributed by atoms with Crippen molar-refractivity contribution in [3.8, 4) is 0 Å². The normalized spacial score (nSPS) is 15.9. The first kappa shape index (κ1) is 32.9. The molecule has 1 heterocycles. The van der Waals surface area contributed by atoms with Crippen LogP contribution in [-0.4, -0.2) is 59.4 Å². The van der Waals surface area contributed by atoms with E-state index in [1.807, 2.05) is 6.92 Å². The monoisotopic (exact) mass is 510 g/mol. The molecule has 0 bridgehead atoms. The van der Waals surface area contributed by atoms with Crippen LogP contribution in [0.2, 0.25) is 0 Å². The highest BCUT2D eigenvalue weighted by Gasteiger charge is 2.36. The van der Waals surface area contributed by atoms with Gasteiger partial charge in [0.1, 0.15) is 6.54 Å². The van der Waals surface area contributed by atoms with E-state index in [1.54, 1.807) is 4.90 Å². The molecule has 1 atom stereocenters. The van der Waals surface area contributed by atoms with Crippen molar-refractivity contribution in [1.29, 1.82) is 0 Å². The average molecular weight is 511 g/mol. The highest BCUT2D eigenvalue weighted by atomic mass is 16.6. The van der Waals surface area contributed by atoms with Crippen molar-refractivity contribution < 1.29 is 19.4 Å². The Balaban J connectivity index is 2.35. The number of hydrogen-bond acceptors (Lipinski definition) is 4. The number of rotatable bonds is 22. The molecule has 3 amide bonds. The molecule has 1 rings (SSSR count). The molecule has 0 aromatic heterocycles. The summed E-state index contributed by atoms with van der Waals surface area (Å²) in [5, 5.41) is 10.4. The summed E-state index contributed by atoms with van der Waals surface area (Å²) in [6.45, 7) is 15.1. The van der Waals surface area contributed by atoms with Crippen LogP contribution >= 0.6 is 0 Å². The fourth-order valence-electron chi connectivity index (χ4n) is 5.88. The Bertz CT molecular complexity index is 616. The smallest absolute Gasteiger partial charge is 0.327 e. The van der Waals surface area contributed by atoms with Gasteiger partial charge in [0.2, 0.25) is 5.91 Å². The molecule has 0 radical (unpaired) electrons. The van der Waals surface area contributed by atoms with Gasteiger partial charge in [0, 0.05) is 19.7 Å². The number of carbonyl (C=O) groups excluding carboxylic acids is 2. The highest BCUT2D eigenvalue weighted by molar-refractivity contribution is 6.01. The lowest BCUT2D eigenvalue weighted by molar-refractivity contribution is -0.125.